The molecule has 0 saturated heterocycles. The molecule has 0 amide bonds. The zero-order chi connectivity index (χ0) is 19.6. The van der Waals surface area contributed by atoms with Crippen LogP contribution in [0.3, 0.4) is 0 Å². The lowest BCUT2D eigenvalue weighted by atomic mass is 9.48. The van der Waals surface area contributed by atoms with Crippen LogP contribution in [-0.2, 0) is 5.41 Å². The number of aromatic amines is 1. The smallest absolute Gasteiger partial charge is 0.204 e. The highest BCUT2D eigenvalue weighted by molar-refractivity contribution is 9.10. The Bertz CT molecular complexity index is 878. The summed E-state index contributed by atoms with van der Waals surface area (Å²) in [5.41, 5.74) is 1.31. The molecule has 8 bridgehead atoms. The van der Waals surface area contributed by atoms with Crippen LogP contribution in [0.1, 0.15) is 93.4 Å². The van der Waals surface area contributed by atoms with Crippen molar-refractivity contribution in [3.8, 4) is 0 Å². The minimum Gasteiger partial charge on any atom is -0.339 e. The van der Waals surface area contributed by atoms with Gasteiger partial charge in [-0.25, -0.2) is 4.98 Å². The van der Waals surface area contributed by atoms with E-state index in [4.69, 9.17) is 4.98 Å². The van der Waals surface area contributed by atoms with Crippen molar-refractivity contribution < 1.29 is 4.79 Å². The highest BCUT2D eigenvalue weighted by Crippen LogP contribution is 2.66. The highest BCUT2D eigenvalue weighted by atomic mass is 79.9. The number of nitrogens with zero attached hydrogens (tertiary/aromatic N) is 1. The predicted octanol–water partition coefficient (Wildman–Crippen LogP) is 6.31. The van der Waals surface area contributed by atoms with Gasteiger partial charge in [0.15, 0.2) is 5.82 Å². The quantitative estimate of drug-likeness (QED) is 0.374. The van der Waals surface area contributed by atoms with Gasteiger partial charge in [0.2, 0.25) is 5.78 Å². The maximum Gasteiger partial charge on any atom is 0.204 e. The monoisotopic (exact) mass is 520 g/mol. The predicted molar refractivity (Wildman–Crippen MR) is 120 cm³/mol. The summed E-state index contributed by atoms with van der Waals surface area (Å²) in [6, 6.07) is 0. The number of imidazole rings is 1. The Morgan fingerprint density at radius 1 is 0.862 bits per heavy atom. The van der Waals surface area contributed by atoms with Crippen molar-refractivity contribution in [1.82, 2.24) is 9.97 Å². The van der Waals surface area contributed by atoms with E-state index >= 15 is 0 Å². The van der Waals surface area contributed by atoms with E-state index in [1.54, 1.807) is 0 Å². The van der Waals surface area contributed by atoms with Gasteiger partial charge in [0, 0.05) is 31.4 Å². The molecule has 4 atom stereocenters. The van der Waals surface area contributed by atoms with Gasteiger partial charge < -0.3 is 4.98 Å². The Balaban J connectivity index is 1.22. The van der Waals surface area contributed by atoms with Gasteiger partial charge in [-0.2, -0.15) is 0 Å². The molecule has 8 fully saturated rings. The average molecular weight is 522 g/mol. The number of alkyl halides is 2. The molecular weight excluding hydrogens is 492 g/mol. The maximum absolute atomic E-state index is 13.8. The summed E-state index contributed by atoms with van der Waals surface area (Å²) in [4.78, 5) is 22.2. The summed E-state index contributed by atoms with van der Waals surface area (Å²) < 4.78 is 0.541. The van der Waals surface area contributed by atoms with E-state index in [2.05, 4.69) is 36.8 Å². The van der Waals surface area contributed by atoms with Crippen LogP contribution >= 0.6 is 31.9 Å². The van der Waals surface area contributed by atoms with Crippen molar-refractivity contribution in [1.29, 1.82) is 0 Å². The van der Waals surface area contributed by atoms with Gasteiger partial charge in [-0.15, -0.1) is 0 Å². The highest BCUT2D eigenvalue weighted by Gasteiger charge is 2.61. The van der Waals surface area contributed by atoms with E-state index in [-0.39, 0.29) is 15.2 Å². The summed E-state index contributed by atoms with van der Waals surface area (Å²) in [5, 5.41) is 0. The number of carbonyl (C=O) groups excluding carboxylic acids is 1. The van der Waals surface area contributed by atoms with E-state index in [1.165, 1.54) is 63.5 Å². The van der Waals surface area contributed by atoms with Crippen molar-refractivity contribution in [2.45, 2.75) is 91.1 Å². The van der Waals surface area contributed by atoms with Crippen LogP contribution in [0.2, 0.25) is 0 Å². The third-order valence-electron chi connectivity index (χ3n) is 9.82. The van der Waals surface area contributed by atoms with Crippen LogP contribution < -0.4 is 0 Å². The Morgan fingerprint density at radius 2 is 1.41 bits per heavy atom. The molecule has 8 aliphatic carbocycles. The SMILES string of the molecule is O=C(c1ncc(C23CC4CC(CC(Br)(C4)C2)C3)[nH]1)C12CC3CC(CC(Br)(C3)C1)C2. The van der Waals surface area contributed by atoms with E-state index in [9.17, 15) is 4.79 Å². The van der Waals surface area contributed by atoms with Gasteiger partial charge in [0.1, 0.15) is 0 Å². The lowest BCUT2D eigenvalue weighted by molar-refractivity contribution is -0.0204. The summed E-state index contributed by atoms with van der Waals surface area (Å²) in [5.74, 6) is 4.12. The van der Waals surface area contributed by atoms with Gasteiger partial charge in [-0.1, -0.05) is 31.9 Å². The van der Waals surface area contributed by atoms with E-state index in [0.717, 1.165) is 42.9 Å². The molecule has 29 heavy (non-hydrogen) atoms. The number of hydrogen-bond donors (Lipinski definition) is 1. The molecule has 4 unspecified atom stereocenters. The summed E-state index contributed by atoms with van der Waals surface area (Å²) >= 11 is 8.20. The van der Waals surface area contributed by atoms with Gasteiger partial charge in [0.25, 0.3) is 0 Å². The van der Waals surface area contributed by atoms with Crippen molar-refractivity contribution >= 4 is 37.6 Å². The lowest BCUT2D eigenvalue weighted by Crippen LogP contribution is -2.56. The van der Waals surface area contributed by atoms with Gasteiger partial charge in [-0.3, -0.25) is 4.79 Å². The summed E-state index contributed by atoms with van der Waals surface area (Å²) in [6.45, 7) is 0. The Kier molecular flexibility index (Phi) is 3.56. The molecule has 156 valence electrons. The summed E-state index contributed by atoms with van der Waals surface area (Å²) in [7, 11) is 0. The van der Waals surface area contributed by atoms with E-state index < -0.39 is 0 Å². The number of ketones is 1. The molecule has 0 spiro atoms. The molecule has 1 aromatic heterocycles. The number of rotatable bonds is 3. The largest absolute Gasteiger partial charge is 0.339 e. The number of Topliss-reactive ketones (excluding diaryl/α,β-unsaturated/α-hetero) is 1. The molecular formula is C24H30Br2N2O. The number of H-pyrrole nitrogens is 1. The molecule has 8 saturated carbocycles. The molecule has 1 N–H and O–H groups in total. The third kappa shape index (κ3) is 2.58. The molecule has 0 radical (unpaired) electrons. The third-order valence-corrected chi connectivity index (χ3v) is 11.7. The fraction of sp³-hybridized carbons (Fsp3) is 0.833. The number of halogens is 2. The van der Waals surface area contributed by atoms with Gasteiger partial charge >= 0.3 is 0 Å². The first-order valence-corrected chi connectivity index (χ1v) is 13.3. The maximum atomic E-state index is 13.8. The molecule has 9 rings (SSSR count). The fourth-order valence-electron chi connectivity index (χ4n) is 9.84. The Hall–Kier alpha value is -0.160. The number of hydrogen-bond acceptors (Lipinski definition) is 2. The molecule has 0 aromatic carbocycles. The summed E-state index contributed by atoms with van der Waals surface area (Å²) in [6.07, 6.45) is 17.0. The van der Waals surface area contributed by atoms with Crippen molar-refractivity contribution in [2.75, 3.05) is 0 Å². The van der Waals surface area contributed by atoms with Gasteiger partial charge in [-0.05, 0) is 101 Å². The normalized spacial score (nSPS) is 54.3. The van der Waals surface area contributed by atoms with Crippen molar-refractivity contribution in [3.05, 3.63) is 17.7 Å². The van der Waals surface area contributed by atoms with Gasteiger partial charge in [0.05, 0.1) is 0 Å². The van der Waals surface area contributed by atoms with Crippen LogP contribution in [0.5, 0.6) is 0 Å². The van der Waals surface area contributed by atoms with E-state index in [0.29, 0.717) is 15.9 Å². The Labute approximate surface area is 189 Å². The number of aromatic nitrogens is 2. The molecule has 3 nitrogen and oxygen atoms in total. The lowest BCUT2D eigenvalue weighted by Gasteiger charge is -2.60. The molecule has 0 aliphatic heterocycles. The van der Waals surface area contributed by atoms with Crippen LogP contribution in [0.4, 0.5) is 0 Å². The first-order valence-electron chi connectivity index (χ1n) is 11.7. The number of carbonyl (C=O) groups is 1. The molecule has 5 heteroatoms. The second-order valence-electron chi connectivity index (χ2n) is 12.3. The fourth-order valence-corrected chi connectivity index (χ4v) is 12.7. The zero-order valence-corrected chi connectivity index (χ0v) is 20.2. The topological polar surface area (TPSA) is 45.8 Å². The standard InChI is InChI=1S/C24H30Br2N2O/c25-23-7-14-1-15(8-23)4-21(3-14,12-23)18-11-27-20(28-18)19(29)22-5-16-2-17(6-22)10-24(26,9-16)13-22/h11,14-17H,1-10,12-13H2,(H,27,28). The van der Waals surface area contributed by atoms with Crippen LogP contribution in [-0.4, -0.2) is 24.4 Å². The van der Waals surface area contributed by atoms with Crippen LogP contribution in [0, 0.1) is 29.1 Å². The minimum absolute atomic E-state index is 0.166. The zero-order valence-electron chi connectivity index (χ0n) is 17.0. The van der Waals surface area contributed by atoms with Crippen molar-refractivity contribution in [3.63, 3.8) is 0 Å². The molecule has 8 aliphatic rings. The van der Waals surface area contributed by atoms with E-state index in [1.807, 2.05) is 6.20 Å². The first-order chi connectivity index (χ1) is 13.8. The second kappa shape index (κ2) is 5.60. The van der Waals surface area contributed by atoms with Crippen LogP contribution in [0.15, 0.2) is 6.20 Å². The average Bonchev–Trinajstić information content (AvgIpc) is 3.07. The molecule has 1 aromatic rings. The Morgan fingerprint density at radius 3 is 1.97 bits per heavy atom. The first kappa shape index (κ1) is 18.4. The van der Waals surface area contributed by atoms with Crippen LogP contribution in [0.25, 0.3) is 0 Å². The van der Waals surface area contributed by atoms with Crippen molar-refractivity contribution in [2.24, 2.45) is 29.1 Å². The second-order valence-corrected chi connectivity index (χ2v) is 15.6. The number of nitrogens with one attached hydrogen (secondary N) is 1. The minimum atomic E-state index is -0.166. The molecule has 1 heterocycles.